The minimum Gasteiger partial charge on any atom is -0.504 e. The SMILES string of the molecule is CCC(=O)Oc1c(OC)c(OC)c(O)c2cc(OC)ccc12. The van der Waals surface area contributed by atoms with Gasteiger partial charge in [0.25, 0.3) is 0 Å². The van der Waals surface area contributed by atoms with Crippen LogP contribution in [0.3, 0.4) is 0 Å². The number of rotatable bonds is 5. The quantitative estimate of drug-likeness (QED) is 0.676. The van der Waals surface area contributed by atoms with Crippen LogP contribution in [0.5, 0.6) is 28.7 Å². The maximum absolute atomic E-state index is 11.7. The molecule has 0 unspecified atom stereocenters. The molecule has 2 rings (SSSR count). The molecule has 0 radical (unpaired) electrons. The summed E-state index contributed by atoms with van der Waals surface area (Å²) in [4.78, 5) is 11.7. The molecule has 22 heavy (non-hydrogen) atoms. The van der Waals surface area contributed by atoms with Gasteiger partial charge in [-0.2, -0.15) is 0 Å². The first-order valence-corrected chi connectivity index (χ1v) is 6.72. The van der Waals surface area contributed by atoms with Crippen molar-refractivity contribution in [2.45, 2.75) is 13.3 Å². The second-order valence-corrected chi connectivity index (χ2v) is 4.48. The molecule has 0 heterocycles. The second-order valence-electron chi connectivity index (χ2n) is 4.48. The first-order valence-electron chi connectivity index (χ1n) is 6.72. The summed E-state index contributed by atoms with van der Waals surface area (Å²) >= 11 is 0. The van der Waals surface area contributed by atoms with Crippen molar-refractivity contribution in [3.05, 3.63) is 18.2 Å². The van der Waals surface area contributed by atoms with Crippen molar-refractivity contribution in [3.8, 4) is 28.7 Å². The molecule has 0 bridgehead atoms. The van der Waals surface area contributed by atoms with Gasteiger partial charge in [0.1, 0.15) is 5.75 Å². The lowest BCUT2D eigenvalue weighted by atomic mass is 10.1. The number of esters is 1. The number of fused-ring (bicyclic) bond motifs is 1. The zero-order valence-corrected chi connectivity index (χ0v) is 12.9. The Bertz CT molecular complexity index is 708. The fraction of sp³-hybridized carbons (Fsp3) is 0.312. The van der Waals surface area contributed by atoms with Crippen LogP contribution < -0.4 is 18.9 Å². The Balaban J connectivity index is 2.82. The number of aromatic hydroxyl groups is 1. The molecule has 1 N–H and O–H groups in total. The third kappa shape index (κ3) is 2.59. The Morgan fingerprint density at radius 3 is 2.23 bits per heavy atom. The minimum atomic E-state index is -0.414. The average molecular weight is 306 g/mol. The highest BCUT2D eigenvalue weighted by atomic mass is 16.6. The van der Waals surface area contributed by atoms with E-state index in [2.05, 4.69) is 0 Å². The first-order chi connectivity index (χ1) is 10.6. The molecule has 0 aliphatic heterocycles. The fourth-order valence-electron chi connectivity index (χ4n) is 2.16. The van der Waals surface area contributed by atoms with Gasteiger partial charge >= 0.3 is 5.97 Å². The van der Waals surface area contributed by atoms with E-state index >= 15 is 0 Å². The van der Waals surface area contributed by atoms with Gasteiger partial charge in [0, 0.05) is 17.2 Å². The van der Waals surface area contributed by atoms with Crippen LogP contribution in [0, 0.1) is 0 Å². The molecule has 6 nitrogen and oxygen atoms in total. The van der Waals surface area contributed by atoms with Gasteiger partial charge in [-0.05, 0) is 18.2 Å². The van der Waals surface area contributed by atoms with E-state index in [1.165, 1.54) is 21.3 Å². The maximum atomic E-state index is 11.7. The zero-order chi connectivity index (χ0) is 16.3. The van der Waals surface area contributed by atoms with Gasteiger partial charge in [0.05, 0.1) is 21.3 Å². The molecule has 2 aromatic rings. The van der Waals surface area contributed by atoms with Crippen LogP contribution in [0.4, 0.5) is 0 Å². The molecule has 0 spiro atoms. The van der Waals surface area contributed by atoms with Crippen molar-refractivity contribution < 1.29 is 28.8 Å². The number of hydrogen-bond acceptors (Lipinski definition) is 6. The summed E-state index contributed by atoms with van der Waals surface area (Å²) in [5.41, 5.74) is 0. The molecule has 0 fully saturated rings. The Morgan fingerprint density at radius 1 is 1.00 bits per heavy atom. The van der Waals surface area contributed by atoms with Crippen molar-refractivity contribution in [2.75, 3.05) is 21.3 Å². The number of hydrogen-bond donors (Lipinski definition) is 1. The Morgan fingerprint density at radius 2 is 1.68 bits per heavy atom. The number of ether oxygens (including phenoxy) is 4. The molecule has 0 amide bonds. The lowest BCUT2D eigenvalue weighted by Gasteiger charge is -2.17. The van der Waals surface area contributed by atoms with Gasteiger partial charge in [0.2, 0.25) is 11.5 Å². The van der Waals surface area contributed by atoms with Crippen molar-refractivity contribution in [2.24, 2.45) is 0 Å². The van der Waals surface area contributed by atoms with Gasteiger partial charge in [-0.1, -0.05) is 6.92 Å². The highest BCUT2D eigenvalue weighted by Gasteiger charge is 2.24. The highest BCUT2D eigenvalue weighted by molar-refractivity contribution is 6.00. The topological polar surface area (TPSA) is 74.2 Å². The van der Waals surface area contributed by atoms with Gasteiger partial charge in [-0.15, -0.1) is 0 Å². The van der Waals surface area contributed by atoms with Crippen molar-refractivity contribution in [1.29, 1.82) is 0 Å². The fourth-order valence-corrected chi connectivity index (χ4v) is 2.16. The number of methoxy groups -OCH3 is 3. The molecule has 0 aliphatic rings. The molecule has 6 heteroatoms. The number of benzene rings is 2. The van der Waals surface area contributed by atoms with E-state index in [0.717, 1.165) is 0 Å². The molecule has 0 saturated heterocycles. The first kappa shape index (κ1) is 15.8. The van der Waals surface area contributed by atoms with Gasteiger partial charge in [-0.25, -0.2) is 0 Å². The highest BCUT2D eigenvalue weighted by Crippen LogP contribution is 2.51. The van der Waals surface area contributed by atoms with Crippen LogP contribution in [0.1, 0.15) is 13.3 Å². The molecular weight excluding hydrogens is 288 g/mol. The summed E-state index contributed by atoms with van der Waals surface area (Å²) in [5, 5.41) is 11.4. The monoisotopic (exact) mass is 306 g/mol. The smallest absolute Gasteiger partial charge is 0.311 e. The summed E-state index contributed by atoms with van der Waals surface area (Å²) in [5.74, 6) is 0.513. The van der Waals surface area contributed by atoms with Crippen LogP contribution in [0.25, 0.3) is 10.8 Å². The van der Waals surface area contributed by atoms with Crippen molar-refractivity contribution >= 4 is 16.7 Å². The normalized spacial score (nSPS) is 10.4. The predicted octanol–water partition coefficient (Wildman–Crippen LogP) is 2.89. The van der Waals surface area contributed by atoms with E-state index in [0.29, 0.717) is 16.5 Å². The maximum Gasteiger partial charge on any atom is 0.311 e. The molecule has 0 aliphatic carbocycles. The molecule has 0 aromatic heterocycles. The van der Waals surface area contributed by atoms with Crippen LogP contribution >= 0.6 is 0 Å². The largest absolute Gasteiger partial charge is 0.504 e. The van der Waals surface area contributed by atoms with E-state index in [1.54, 1.807) is 25.1 Å². The third-order valence-electron chi connectivity index (χ3n) is 3.27. The zero-order valence-electron chi connectivity index (χ0n) is 12.9. The van der Waals surface area contributed by atoms with Crippen LogP contribution in [-0.2, 0) is 4.79 Å². The number of phenolic OH excluding ortho intramolecular Hbond substituents is 1. The van der Waals surface area contributed by atoms with Gasteiger partial charge in [0.15, 0.2) is 11.5 Å². The molecule has 0 saturated carbocycles. The van der Waals surface area contributed by atoms with E-state index in [9.17, 15) is 9.90 Å². The van der Waals surface area contributed by atoms with Gasteiger partial charge in [-0.3, -0.25) is 4.79 Å². The number of phenols is 1. The summed E-state index contributed by atoms with van der Waals surface area (Å²) in [7, 11) is 4.34. The summed E-state index contributed by atoms with van der Waals surface area (Å²) in [6, 6.07) is 5.03. The minimum absolute atomic E-state index is 0.0992. The van der Waals surface area contributed by atoms with Crippen LogP contribution in [0.15, 0.2) is 18.2 Å². The van der Waals surface area contributed by atoms with E-state index in [1.807, 2.05) is 0 Å². The Labute approximate surface area is 128 Å². The van der Waals surface area contributed by atoms with Crippen molar-refractivity contribution in [3.63, 3.8) is 0 Å². The van der Waals surface area contributed by atoms with Gasteiger partial charge < -0.3 is 24.1 Å². The summed E-state index contributed by atoms with van der Waals surface area (Å²) < 4.78 is 21.0. The molecule has 0 atom stereocenters. The average Bonchev–Trinajstić information content (AvgIpc) is 2.56. The third-order valence-corrected chi connectivity index (χ3v) is 3.27. The lowest BCUT2D eigenvalue weighted by Crippen LogP contribution is -2.08. The van der Waals surface area contributed by atoms with Crippen molar-refractivity contribution in [1.82, 2.24) is 0 Å². The number of carbonyl (C=O) groups is 1. The molecular formula is C16H18O6. The Kier molecular flexibility index (Phi) is 4.60. The molecule has 118 valence electrons. The van der Waals surface area contributed by atoms with E-state index < -0.39 is 5.97 Å². The second kappa shape index (κ2) is 6.43. The lowest BCUT2D eigenvalue weighted by molar-refractivity contribution is -0.134. The van der Waals surface area contributed by atoms with E-state index in [-0.39, 0.29) is 29.4 Å². The van der Waals surface area contributed by atoms with E-state index in [4.69, 9.17) is 18.9 Å². The Hall–Kier alpha value is -2.63. The number of carbonyl (C=O) groups excluding carboxylic acids is 1. The summed E-state index contributed by atoms with van der Waals surface area (Å²) in [6.07, 6.45) is 0.212. The standard InChI is InChI=1S/C16H18O6/c1-5-12(17)22-14-10-7-6-9(19-2)8-11(10)13(18)15(20-3)16(14)21-4/h6-8,18H,5H2,1-4H3. The summed E-state index contributed by atoms with van der Waals surface area (Å²) in [6.45, 7) is 1.69. The van der Waals surface area contributed by atoms with Crippen LogP contribution in [0.2, 0.25) is 0 Å². The predicted molar refractivity (Wildman–Crippen MR) is 81.2 cm³/mol. The van der Waals surface area contributed by atoms with Crippen LogP contribution in [-0.4, -0.2) is 32.4 Å². The molecule has 2 aromatic carbocycles.